The molecule has 0 saturated carbocycles. The first kappa shape index (κ1) is 41.1. The molecule has 3 aliphatic heterocycles. The van der Waals surface area contributed by atoms with E-state index in [4.69, 9.17) is 8.83 Å². The molecule has 0 radical (unpaired) electrons. The zero-order chi connectivity index (χ0) is 47.9. The third-order valence-electron chi connectivity index (χ3n) is 15.5. The molecule has 0 N–H and O–H groups in total. The molecule has 6 heterocycles. The number of furan rings is 2. The summed E-state index contributed by atoms with van der Waals surface area (Å²) < 4.78 is 16.9. The highest BCUT2D eigenvalue weighted by atomic mass is 16.3. The van der Waals surface area contributed by atoms with Gasteiger partial charge in [-0.3, -0.25) is 0 Å². The van der Waals surface area contributed by atoms with Crippen molar-refractivity contribution in [1.29, 1.82) is 5.26 Å². The van der Waals surface area contributed by atoms with E-state index in [0.29, 0.717) is 5.56 Å². The van der Waals surface area contributed by atoms with Gasteiger partial charge in [-0.05, 0) is 122 Å². The lowest BCUT2D eigenvalue weighted by Gasteiger charge is -2.45. The Labute approximate surface area is 408 Å². The molecule has 11 aromatic rings. The zero-order valence-corrected chi connectivity index (χ0v) is 41.0. The van der Waals surface area contributed by atoms with Crippen molar-refractivity contribution >= 4 is 112 Å². The van der Waals surface area contributed by atoms with E-state index >= 15 is 0 Å². The van der Waals surface area contributed by atoms with Gasteiger partial charge in [0, 0.05) is 38.3 Å². The summed E-state index contributed by atoms with van der Waals surface area (Å²) in [6, 6.07) is 55.6. The van der Waals surface area contributed by atoms with Crippen LogP contribution in [0.4, 0.5) is 34.1 Å². The molecule has 8 aromatic carbocycles. The summed E-state index contributed by atoms with van der Waals surface area (Å²) in [5.41, 5.74) is 21.3. The van der Waals surface area contributed by atoms with E-state index in [1.807, 2.05) is 12.1 Å². The van der Waals surface area contributed by atoms with Gasteiger partial charge in [0.05, 0.1) is 56.8 Å². The molecule has 0 spiro atoms. The summed E-state index contributed by atoms with van der Waals surface area (Å²) >= 11 is 0. The molecule has 0 atom stereocenters. The largest absolute Gasteiger partial charge is 0.468 e. The Morgan fingerprint density at radius 1 is 0.471 bits per heavy atom. The van der Waals surface area contributed by atoms with E-state index in [9.17, 15) is 5.26 Å². The maximum absolute atomic E-state index is 11.2. The van der Waals surface area contributed by atoms with Crippen LogP contribution >= 0.6 is 0 Å². The first-order valence-electron chi connectivity index (χ1n) is 24.6. The minimum Gasteiger partial charge on any atom is -0.468 e. The molecule has 14 rings (SSSR count). The SMILES string of the molecule is CC(C)(C)c1cc2c3c(c1)-n1c4ccc(C(C)(C)C)cc4c4cc(C(C)(C)C)cc(c41)N3c1cc(C#N)cc3c1B2c1oc2ccc(-c4ccccc4)cc2c1N3c1cccc2c1oc1ccccc12. The van der Waals surface area contributed by atoms with Crippen LogP contribution in [0.2, 0.25) is 0 Å². The van der Waals surface area contributed by atoms with Crippen LogP contribution in [-0.4, -0.2) is 11.3 Å². The molecule has 3 aromatic heterocycles. The van der Waals surface area contributed by atoms with E-state index in [1.165, 1.54) is 44.0 Å². The highest BCUT2D eigenvalue weighted by Gasteiger charge is 2.50. The monoisotopic (exact) mass is 906 g/mol. The Bertz CT molecular complexity index is 4160. The highest BCUT2D eigenvalue weighted by Crippen LogP contribution is 2.56. The first-order chi connectivity index (χ1) is 33.6. The van der Waals surface area contributed by atoms with Crippen LogP contribution in [0.3, 0.4) is 0 Å². The second-order valence-corrected chi connectivity index (χ2v) is 22.9. The number of rotatable bonds is 2. The minimum atomic E-state index is -0.323. The molecule has 70 heavy (non-hydrogen) atoms. The van der Waals surface area contributed by atoms with Crippen molar-refractivity contribution in [1.82, 2.24) is 4.57 Å². The number of nitriles is 1. The summed E-state index contributed by atoms with van der Waals surface area (Å²) in [4.78, 5) is 4.86. The molecule has 0 amide bonds. The second-order valence-electron chi connectivity index (χ2n) is 22.9. The number of para-hydroxylation sites is 2. The van der Waals surface area contributed by atoms with Gasteiger partial charge in [0.2, 0.25) is 0 Å². The van der Waals surface area contributed by atoms with Gasteiger partial charge in [-0.2, -0.15) is 5.26 Å². The van der Waals surface area contributed by atoms with Gasteiger partial charge in [-0.1, -0.05) is 141 Å². The Morgan fingerprint density at radius 2 is 1.13 bits per heavy atom. The second kappa shape index (κ2) is 13.6. The number of anilines is 6. The van der Waals surface area contributed by atoms with Gasteiger partial charge < -0.3 is 23.2 Å². The van der Waals surface area contributed by atoms with Crippen molar-refractivity contribution in [3.63, 3.8) is 0 Å². The van der Waals surface area contributed by atoms with E-state index in [0.717, 1.165) is 95.0 Å². The Morgan fingerprint density at radius 3 is 1.87 bits per heavy atom. The summed E-state index contributed by atoms with van der Waals surface area (Å²) in [6.07, 6.45) is 0. The predicted octanol–water partition coefficient (Wildman–Crippen LogP) is 15.3. The number of benzene rings is 8. The molecule has 0 fully saturated rings. The third-order valence-corrected chi connectivity index (χ3v) is 15.5. The predicted molar refractivity (Wildman–Crippen MR) is 292 cm³/mol. The molecular weight excluding hydrogens is 856 g/mol. The lowest BCUT2D eigenvalue weighted by molar-refractivity contribution is 0.590. The smallest absolute Gasteiger partial charge is 0.297 e. The minimum absolute atomic E-state index is 0.0388. The van der Waals surface area contributed by atoms with Crippen LogP contribution in [-0.2, 0) is 16.2 Å². The lowest BCUT2D eigenvalue weighted by Crippen LogP contribution is -2.61. The normalized spacial score (nSPS) is 14.0. The summed E-state index contributed by atoms with van der Waals surface area (Å²) in [5, 5.41) is 16.8. The number of hydrogen-bond acceptors (Lipinski definition) is 5. The Balaban J connectivity index is 1.17. The average Bonchev–Trinajstić information content (AvgIpc) is 4.02. The Kier molecular flexibility index (Phi) is 8.00. The van der Waals surface area contributed by atoms with Gasteiger partial charge in [-0.15, -0.1) is 0 Å². The van der Waals surface area contributed by atoms with Gasteiger partial charge >= 0.3 is 0 Å². The molecule has 7 heteroatoms. The zero-order valence-electron chi connectivity index (χ0n) is 41.0. The molecule has 0 aliphatic carbocycles. The molecule has 0 unspecified atom stereocenters. The van der Waals surface area contributed by atoms with E-state index < -0.39 is 0 Å². The van der Waals surface area contributed by atoms with E-state index in [2.05, 4.69) is 216 Å². The maximum Gasteiger partial charge on any atom is 0.297 e. The standard InChI is InChI=1S/C63H51BN4O2/c1-61(2,3)38-23-24-47-43(29-38)44-30-39(62(4,5)6)32-51-56(44)66(47)52-33-40(63(7,8)9)31-46-58(52)68(51)50-27-35(34-65)26-49-55(50)64(46)60-57(45-28-37(22-25-54(45)70-60)36-16-11-10-12-17-36)67(49)48-20-15-19-42-41-18-13-14-21-53(41)69-59(42)48/h10-33H,1-9H3. The summed E-state index contributed by atoms with van der Waals surface area (Å²) in [5.74, 6) is 0. The van der Waals surface area contributed by atoms with Crippen molar-refractivity contribution in [2.24, 2.45) is 0 Å². The van der Waals surface area contributed by atoms with Crippen LogP contribution in [0.5, 0.6) is 0 Å². The van der Waals surface area contributed by atoms with E-state index in [1.54, 1.807) is 0 Å². The average molecular weight is 907 g/mol. The lowest BCUT2D eigenvalue weighted by atomic mass is 9.35. The number of hydrogen-bond donors (Lipinski definition) is 0. The molecule has 0 bridgehead atoms. The number of fused-ring (bicyclic) bond motifs is 14. The van der Waals surface area contributed by atoms with Crippen LogP contribution < -0.4 is 26.4 Å². The highest BCUT2D eigenvalue weighted by molar-refractivity contribution is 7.00. The number of aromatic nitrogens is 1. The van der Waals surface area contributed by atoms with Crippen LogP contribution in [0, 0.1) is 11.3 Å². The maximum atomic E-state index is 11.2. The molecule has 3 aliphatic rings. The van der Waals surface area contributed by atoms with Gasteiger partial charge in [0.15, 0.2) is 5.58 Å². The molecular formula is C63H51BN4O2. The van der Waals surface area contributed by atoms with Crippen molar-refractivity contribution in [2.75, 3.05) is 9.80 Å². The fraction of sp³-hybridized carbons (Fsp3) is 0.190. The van der Waals surface area contributed by atoms with Crippen molar-refractivity contribution in [3.05, 3.63) is 168 Å². The third kappa shape index (κ3) is 5.50. The first-order valence-corrected chi connectivity index (χ1v) is 24.6. The Hall–Kier alpha value is -7.95. The molecule has 0 saturated heterocycles. The molecule has 6 nitrogen and oxygen atoms in total. The van der Waals surface area contributed by atoms with Gasteiger partial charge in [-0.25, -0.2) is 0 Å². The van der Waals surface area contributed by atoms with Crippen molar-refractivity contribution in [3.8, 4) is 22.9 Å². The topological polar surface area (TPSA) is 61.5 Å². The van der Waals surface area contributed by atoms with Crippen molar-refractivity contribution < 1.29 is 8.83 Å². The fourth-order valence-electron chi connectivity index (χ4n) is 11.9. The van der Waals surface area contributed by atoms with Crippen LogP contribution in [0.1, 0.15) is 84.6 Å². The quantitative estimate of drug-likeness (QED) is 0.162. The van der Waals surface area contributed by atoms with Crippen LogP contribution in [0.25, 0.3) is 71.5 Å². The van der Waals surface area contributed by atoms with E-state index in [-0.39, 0.29) is 23.0 Å². The fourth-order valence-corrected chi connectivity index (χ4v) is 11.9. The summed E-state index contributed by atoms with van der Waals surface area (Å²) in [7, 11) is 0. The van der Waals surface area contributed by atoms with Crippen molar-refractivity contribution in [2.45, 2.75) is 78.6 Å². The molecule has 338 valence electrons. The summed E-state index contributed by atoms with van der Waals surface area (Å²) in [6.45, 7) is 20.5. The van der Waals surface area contributed by atoms with Gasteiger partial charge in [0.25, 0.3) is 6.71 Å². The number of nitrogens with zero attached hydrogens (tertiary/aromatic N) is 4. The van der Waals surface area contributed by atoms with Gasteiger partial charge in [0.1, 0.15) is 11.2 Å². The van der Waals surface area contributed by atoms with Crippen LogP contribution in [0.15, 0.2) is 154 Å².